The third kappa shape index (κ3) is 3.53. The summed E-state index contributed by atoms with van der Waals surface area (Å²) in [5, 5.41) is 0.397. The number of hydrogen-bond acceptors (Lipinski definition) is 4. The van der Waals surface area contributed by atoms with E-state index in [0.717, 1.165) is 5.56 Å². The lowest BCUT2D eigenvalue weighted by molar-refractivity contribution is -0.143. The van der Waals surface area contributed by atoms with Crippen molar-refractivity contribution in [2.24, 2.45) is 0 Å². The number of para-hydroxylation sites is 1. The van der Waals surface area contributed by atoms with Crippen LogP contribution in [0.4, 0.5) is 5.69 Å². The first kappa shape index (κ1) is 17.1. The molecular formula is C19H18N2O3S. The summed E-state index contributed by atoms with van der Waals surface area (Å²) in [6.45, 7) is 0.455. The Hall–Kier alpha value is -2.73. The maximum atomic E-state index is 13.0. The topological polar surface area (TPSA) is 49.9 Å². The monoisotopic (exact) mass is 354 g/mol. The highest BCUT2D eigenvalue weighted by molar-refractivity contribution is 7.80. The van der Waals surface area contributed by atoms with Crippen LogP contribution in [0, 0.1) is 0 Å². The number of anilines is 1. The molecular weight excluding hydrogens is 336 g/mol. The quantitative estimate of drug-likeness (QED) is 0.610. The summed E-state index contributed by atoms with van der Waals surface area (Å²) in [5.74, 6) is -0.647. The Bertz CT molecular complexity index is 780. The summed E-state index contributed by atoms with van der Waals surface area (Å²) in [5.41, 5.74) is 1.71. The van der Waals surface area contributed by atoms with E-state index in [1.807, 2.05) is 60.7 Å². The molecule has 0 N–H and O–H groups in total. The summed E-state index contributed by atoms with van der Waals surface area (Å²) in [4.78, 5) is 28.0. The molecule has 1 aliphatic rings. The van der Waals surface area contributed by atoms with Crippen LogP contribution in [0.5, 0.6) is 0 Å². The van der Waals surface area contributed by atoms with Gasteiger partial charge in [-0.05, 0) is 29.9 Å². The second-order valence-corrected chi connectivity index (χ2v) is 6.07. The predicted molar refractivity (Wildman–Crippen MR) is 98.9 cm³/mol. The lowest BCUT2D eigenvalue weighted by Crippen LogP contribution is -2.36. The van der Waals surface area contributed by atoms with Crippen molar-refractivity contribution in [1.29, 1.82) is 0 Å². The summed E-state index contributed by atoms with van der Waals surface area (Å²) in [6.07, 6.45) is -0.0361. The van der Waals surface area contributed by atoms with Gasteiger partial charge in [-0.25, -0.2) is 0 Å². The Morgan fingerprint density at radius 1 is 1.08 bits per heavy atom. The zero-order chi connectivity index (χ0) is 17.8. The first-order valence-corrected chi connectivity index (χ1v) is 8.33. The summed E-state index contributed by atoms with van der Waals surface area (Å²) in [6, 6.07) is 18.3. The fourth-order valence-corrected chi connectivity index (χ4v) is 3.24. The van der Waals surface area contributed by atoms with Gasteiger partial charge in [0.05, 0.1) is 19.2 Å². The van der Waals surface area contributed by atoms with E-state index in [1.54, 1.807) is 4.90 Å². The maximum Gasteiger partial charge on any atom is 0.308 e. The van der Waals surface area contributed by atoms with Gasteiger partial charge in [0.2, 0.25) is 0 Å². The van der Waals surface area contributed by atoms with Crippen LogP contribution in [-0.4, -0.2) is 35.0 Å². The molecule has 1 heterocycles. The fourth-order valence-electron chi connectivity index (χ4n) is 2.85. The maximum absolute atomic E-state index is 13.0. The summed E-state index contributed by atoms with van der Waals surface area (Å²) >= 11 is 5.57. The molecule has 2 aromatic carbocycles. The number of carbonyl (C=O) groups excluding carboxylic acids is 2. The first-order chi connectivity index (χ1) is 12.1. The molecule has 0 aliphatic carbocycles. The Labute approximate surface area is 151 Å². The second kappa shape index (κ2) is 7.44. The Morgan fingerprint density at radius 3 is 2.28 bits per heavy atom. The molecule has 0 aromatic heterocycles. The number of nitrogens with zero attached hydrogens (tertiary/aromatic N) is 2. The zero-order valence-electron chi connectivity index (χ0n) is 13.8. The molecule has 2 aromatic rings. The standard InChI is InChI=1S/C19H18N2O3S/c1-24-17(22)12-16-18(23)21(15-10-6-3-7-11-15)19(25)20(16)13-14-8-4-2-5-9-14/h2-11,16H,12-13H2,1H3. The number of amides is 1. The molecule has 0 saturated carbocycles. The number of methoxy groups -OCH3 is 1. The normalized spacial score (nSPS) is 17.1. The molecule has 1 aliphatic heterocycles. The van der Waals surface area contributed by atoms with Gasteiger partial charge in [0, 0.05) is 6.54 Å². The van der Waals surface area contributed by atoms with Gasteiger partial charge < -0.3 is 9.64 Å². The van der Waals surface area contributed by atoms with Gasteiger partial charge in [-0.15, -0.1) is 0 Å². The molecule has 25 heavy (non-hydrogen) atoms. The van der Waals surface area contributed by atoms with Crippen molar-refractivity contribution in [2.75, 3.05) is 12.0 Å². The lowest BCUT2D eigenvalue weighted by atomic mass is 10.1. The SMILES string of the molecule is COC(=O)CC1C(=O)N(c2ccccc2)C(=S)N1Cc1ccccc1. The minimum atomic E-state index is -0.666. The van der Waals surface area contributed by atoms with Gasteiger partial charge >= 0.3 is 5.97 Å². The van der Waals surface area contributed by atoms with Gasteiger partial charge in [0.15, 0.2) is 5.11 Å². The van der Waals surface area contributed by atoms with Gasteiger partial charge in [-0.1, -0.05) is 48.5 Å². The number of thiocarbonyl (C=S) groups is 1. The van der Waals surface area contributed by atoms with Gasteiger partial charge in [-0.2, -0.15) is 0 Å². The van der Waals surface area contributed by atoms with Crippen LogP contribution in [0.2, 0.25) is 0 Å². The van der Waals surface area contributed by atoms with E-state index < -0.39 is 12.0 Å². The van der Waals surface area contributed by atoms with Gasteiger partial charge in [-0.3, -0.25) is 14.5 Å². The zero-order valence-corrected chi connectivity index (χ0v) is 14.6. The minimum absolute atomic E-state index is 0.0361. The molecule has 1 saturated heterocycles. The van der Waals surface area contributed by atoms with Crippen LogP contribution < -0.4 is 4.90 Å². The van der Waals surface area contributed by atoms with E-state index in [0.29, 0.717) is 17.3 Å². The van der Waals surface area contributed by atoms with Crippen LogP contribution in [-0.2, 0) is 20.9 Å². The number of carbonyl (C=O) groups is 2. The Kier molecular flexibility index (Phi) is 5.09. The number of hydrogen-bond donors (Lipinski definition) is 0. The number of benzene rings is 2. The molecule has 0 bridgehead atoms. The average molecular weight is 354 g/mol. The number of rotatable bonds is 5. The highest BCUT2D eigenvalue weighted by Crippen LogP contribution is 2.28. The Balaban J connectivity index is 1.93. The number of ether oxygens (including phenoxy) is 1. The van der Waals surface area contributed by atoms with E-state index in [2.05, 4.69) is 0 Å². The van der Waals surface area contributed by atoms with Gasteiger partial charge in [0.1, 0.15) is 6.04 Å². The van der Waals surface area contributed by atoms with Crippen LogP contribution in [0.25, 0.3) is 0 Å². The van der Waals surface area contributed by atoms with E-state index in [4.69, 9.17) is 17.0 Å². The largest absolute Gasteiger partial charge is 0.469 e. The summed E-state index contributed by atoms with van der Waals surface area (Å²) in [7, 11) is 1.32. The molecule has 1 unspecified atom stereocenters. The van der Waals surface area contributed by atoms with Crippen molar-refractivity contribution in [3.05, 3.63) is 66.2 Å². The van der Waals surface area contributed by atoms with E-state index >= 15 is 0 Å². The predicted octanol–water partition coefficient (Wildman–Crippen LogP) is 2.75. The molecule has 0 spiro atoms. The van der Waals surface area contributed by atoms with Gasteiger partial charge in [0.25, 0.3) is 5.91 Å². The summed E-state index contributed by atoms with van der Waals surface area (Å²) < 4.78 is 4.76. The first-order valence-electron chi connectivity index (χ1n) is 7.92. The van der Waals surface area contributed by atoms with Crippen LogP contribution in [0.3, 0.4) is 0 Å². The van der Waals surface area contributed by atoms with Crippen molar-refractivity contribution in [3.8, 4) is 0 Å². The smallest absolute Gasteiger partial charge is 0.308 e. The highest BCUT2D eigenvalue weighted by Gasteiger charge is 2.44. The van der Waals surface area contributed by atoms with E-state index in [-0.39, 0.29) is 12.3 Å². The van der Waals surface area contributed by atoms with Crippen LogP contribution >= 0.6 is 12.2 Å². The van der Waals surface area contributed by atoms with Crippen LogP contribution in [0.1, 0.15) is 12.0 Å². The highest BCUT2D eigenvalue weighted by atomic mass is 32.1. The molecule has 1 amide bonds. The van der Waals surface area contributed by atoms with Crippen molar-refractivity contribution < 1.29 is 14.3 Å². The third-order valence-corrected chi connectivity index (χ3v) is 4.53. The van der Waals surface area contributed by atoms with Crippen molar-refractivity contribution in [2.45, 2.75) is 19.0 Å². The molecule has 128 valence electrons. The third-order valence-electron chi connectivity index (χ3n) is 4.12. The molecule has 0 radical (unpaired) electrons. The van der Waals surface area contributed by atoms with Crippen molar-refractivity contribution in [1.82, 2.24) is 4.90 Å². The van der Waals surface area contributed by atoms with E-state index in [9.17, 15) is 9.59 Å². The Morgan fingerprint density at radius 2 is 1.68 bits per heavy atom. The molecule has 1 atom stereocenters. The van der Waals surface area contributed by atoms with E-state index in [1.165, 1.54) is 12.0 Å². The fraction of sp³-hybridized carbons (Fsp3) is 0.211. The van der Waals surface area contributed by atoms with Crippen molar-refractivity contribution in [3.63, 3.8) is 0 Å². The average Bonchev–Trinajstić information content (AvgIpc) is 2.87. The molecule has 1 fully saturated rings. The van der Waals surface area contributed by atoms with Crippen LogP contribution in [0.15, 0.2) is 60.7 Å². The lowest BCUT2D eigenvalue weighted by Gasteiger charge is -2.23. The minimum Gasteiger partial charge on any atom is -0.469 e. The molecule has 3 rings (SSSR count). The molecule has 6 heteroatoms. The second-order valence-electron chi connectivity index (χ2n) is 5.70. The van der Waals surface area contributed by atoms with Crippen molar-refractivity contribution >= 4 is 34.9 Å². The number of esters is 1. The molecule has 5 nitrogen and oxygen atoms in total.